The molecule has 3 aromatic rings. The molecule has 4 rings (SSSR count). The highest BCUT2D eigenvalue weighted by Crippen LogP contribution is 2.24. The van der Waals surface area contributed by atoms with Crippen molar-refractivity contribution in [3.63, 3.8) is 0 Å². The number of amides is 1. The fourth-order valence-electron chi connectivity index (χ4n) is 2.76. The summed E-state index contributed by atoms with van der Waals surface area (Å²) in [5.41, 5.74) is 0.866. The van der Waals surface area contributed by atoms with Gasteiger partial charge in [-0.15, -0.1) is 0 Å². The van der Waals surface area contributed by atoms with Gasteiger partial charge in [0.2, 0.25) is 5.88 Å². The first-order valence-electron chi connectivity index (χ1n) is 9.65. The normalized spacial score (nSPS) is 13.3. The summed E-state index contributed by atoms with van der Waals surface area (Å²) in [6.45, 7) is 0. The number of methoxy groups -OCH3 is 1. The number of hydrogen-bond donors (Lipinski definition) is 2. The number of benzene rings is 2. The van der Waals surface area contributed by atoms with Crippen molar-refractivity contribution in [2.45, 2.75) is 23.8 Å². The van der Waals surface area contributed by atoms with Crippen LogP contribution in [0.25, 0.3) is 0 Å². The maximum atomic E-state index is 12.5. The number of pyridine rings is 1. The molecule has 9 heteroatoms. The van der Waals surface area contributed by atoms with E-state index in [4.69, 9.17) is 9.47 Å². The van der Waals surface area contributed by atoms with Crippen LogP contribution in [0.2, 0.25) is 0 Å². The summed E-state index contributed by atoms with van der Waals surface area (Å²) < 4.78 is 38.2. The van der Waals surface area contributed by atoms with E-state index in [-0.39, 0.29) is 10.8 Å². The lowest BCUT2D eigenvalue weighted by molar-refractivity contribution is 0.0951. The van der Waals surface area contributed by atoms with Crippen molar-refractivity contribution < 1.29 is 22.7 Å². The molecule has 1 aromatic heterocycles. The summed E-state index contributed by atoms with van der Waals surface area (Å²) in [5.74, 6) is 1.28. The van der Waals surface area contributed by atoms with Gasteiger partial charge in [0.25, 0.3) is 15.9 Å². The van der Waals surface area contributed by atoms with Gasteiger partial charge in [-0.1, -0.05) is 0 Å². The fourth-order valence-corrected chi connectivity index (χ4v) is 3.80. The molecule has 0 spiro atoms. The zero-order chi connectivity index (χ0) is 21.8. The average Bonchev–Trinajstić information content (AvgIpc) is 3.59. The zero-order valence-corrected chi connectivity index (χ0v) is 17.6. The highest BCUT2D eigenvalue weighted by atomic mass is 32.2. The molecule has 1 amide bonds. The summed E-state index contributed by atoms with van der Waals surface area (Å²) in [7, 11) is -2.24. The van der Waals surface area contributed by atoms with Crippen LogP contribution in [-0.4, -0.2) is 32.5 Å². The van der Waals surface area contributed by atoms with Crippen LogP contribution in [0.1, 0.15) is 23.2 Å². The highest BCUT2D eigenvalue weighted by Gasteiger charge is 2.23. The summed E-state index contributed by atoms with van der Waals surface area (Å²) >= 11 is 0. The van der Waals surface area contributed by atoms with E-state index in [0.29, 0.717) is 34.7 Å². The Hall–Kier alpha value is -3.59. The van der Waals surface area contributed by atoms with Crippen LogP contribution in [0.5, 0.6) is 17.4 Å². The number of anilines is 1. The second kappa shape index (κ2) is 8.65. The van der Waals surface area contributed by atoms with Gasteiger partial charge in [-0.25, -0.2) is 13.4 Å². The first kappa shape index (κ1) is 20.7. The van der Waals surface area contributed by atoms with E-state index in [1.165, 1.54) is 25.4 Å². The number of nitrogens with one attached hydrogen (secondary N) is 2. The molecule has 1 heterocycles. The summed E-state index contributed by atoms with van der Waals surface area (Å²) in [5, 5.41) is 2.93. The fraction of sp³-hybridized carbons (Fsp3) is 0.182. The Balaban J connectivity index is 1.37. The van der Waals surface area contributed by atoms with Crippen LogP contribution in [0.3, 0.4) is 0 Å². The smallest absolute Gasteiger partial charge is 0.261 e. The topological polar surface area (TPSA) is 107 Å². The Morgan fingerprint density at radius 3 is 2.23 bits per heavy atom. The third kappa shape index (κ3) is 5.32. The van der Waals surface area contributed by atoms with Gasteiger partial charge in [0.15, 0.2) is 0 Å². The Morgan fingerprint density at radius 2 is 1.65 bits per heavy atom. The maximum absolute atomic E-state index is 12.5. The third-order valence-electron chi connectivity index (χ3n) is 4.61. The predicted molar refractivity (Wildman–Crippen MR) is 115 cm³/mol. The predicted octanol–water partition coefficient (Wildman–Crippen LogP) is 3.58. The van der Waals surface area contributed by atoms with Crippen LogP contribution in [-0.2, 0) is 10.0 Å². The Bertz CT molecular complexity index is 1160. The van der Waals surface area contributed by atoms with Gasteiger partial charge in [0, 0.05) is 17.7 Å². The van der Waals surface area contributed by atoms with Crippen molar-refractivity contribution in [3.05, 3.63) is 72.4 Å². The molecule has 0 bridgehead atoms. The molecule has 0 aliphatic heterocycles. The zero-order valence-electron chi connectivity index (χ0n) is 16.7. The number of rotatable bonds is 8. The van der Waals surface area contributed by atoms with E-state index in [2.05, 4.69) is 15.0 Å². The second-order valence-corrected chi connectivity index (χ2v) is 8.72. The molecule has 0 unspecified atom stereocenters. The average molecular weight is 439 g/mol. The number of nitrogens with zero attached hydrogens (tertiary/aromatic N) is 1. The molecular formula is C22H21N3O5S. The number of aromatic nitrogens is 1. The lowest BCUT2D eigenvalue weighted by Crippen LogP contribution is -2.25. The van der Waals surface area contributed by atoms with E-state index in [0.717, 1.165) is 12.8 Å². The number of carbonyl (C=O) groups is 1. The summed E-state index contributed by atoms with van der Waals surface area (Å²) in [4.78, 5) is 16.3. The molecular weight excluding hydrogens is 418 g/mol. The number of hydrogen-bond acceptors (Lipinski definition) is 6. The van der Waals surface area contributed by atoms with Crippen molar-refractivity contribution in [3.8, 4) is 17.4 Å². The molecule has 0 atom stereocenters. The van der Waals surface area contributed by atoms with Gasteiger partial charge in [0.05, 0.1) is 23.9 Å². The molecule has 1 aliphatic rings. The molecule has 2 aromatic carbocycles. The van der Waals surface area contributed by atoms with Crippen molar-refractivity contribution in [2.24, 2.45) is 0 Å². The highest BCUT2D eigenvalue weighted by molar-refractivity contribution is 7.92. The molecule has 1 aliphatic carbocycles. The van der Waals surface area contributed by atoms with Crippen molar-refractivity contribution in [2.75, 3.05) is 11.8 Å². The lowest BCUT2D eigenvalue weighted by Gasteiger charge is -2.10. The number of ether oxygens (including phenoxy) is 2. The minimum atomic E-state index is -3.75. The minimum Gasteiger partial charge on any atom is -0.497 e. The van der Waals surface area contributed by atoms with E-state index in [1.807, 2.05) is 0 Å². The summed E-state index contributed by atoms with van der Waals surface area (Å²) in [6, 6.07) is 16.2. The first-order chi connectivity index (χ1) is 14.9. The van der Waals surface area contributed by atoms with Gasteiger partial charge < -0.3 is 14.8 Å². The molecule has 2 N–H and O–H groups in total. The molecule has 1 fully saturated rings. The standard InChI is InChI=1S/C22H21N3O5S/c1-29-18-9-11-20(12-10-18)31(27,28)25-17-6-13-21(23-14-17)30-19-7-2-15(3-8-19)22(26)24-16-4-5-16/h2-3,6-14,16,25H,4-5H2,1H3,(H,24,26). The van der Waals surface area contributed by atoms with Crippen molar-refractivity contribution in [1.82, 2.24) is 10.3 Å². The monoisotopic (exact) mass is 439 g/mol. The Labute approximate surface area is 180 Å². The van der Waals surface area contributed by atoms with Gasteiger partial charge in [-0.05, 0) is 67.4 Å². The largest absolute Gasteiger partial charge is 0.497 e. The van der Waals surface area contributed by atoms with Crippen LogP contribution < -0.4 is 19.5 Å². The van der Waals surface area contributed by atoms with Gasteiger partial charge in [-0.3, -0.25) is 9.52 Å². The molecule has 1 saturated carbocycles. The minimum absolute atomic E-state index is 0.0966. The molecule has 0 saturated heterocycles. The van der Waals surface area contributed by atoms with Crippen molar-refractivity contribution in [1.29, 1.82) is 0 Å². The van der Waals surface area contributed by atoms with Gasteiger partial charge >= 0.3 is 0 Å². The lowest BCUT2D eigenvalue weighted by atomic mass is 10.2. The third-order valence-corrected chi connectivity index (χ3v) is 6.01. The molecule has 8 nitrogen and oxygen atoms in total. The molecule has 160 valence electrons. The Morgan fingerprint density at radius 1 is 0.968 bits per heavy atom. The van der Waals surface area contributed by atoms with Gasteiger partial charge in [-0.2, -0.15) is 0 Å². The van der Waals surface area contributed by atoms with E-state index in [9.17, 15) is 13.2 Å². The second-order valence-electron chi connectivity index (χ2n) is 7.04. The molecule has 31 heavy (non-hydrogen) atoms. The SMILES string of the molecule is COc1ccc(S(=O)(=O)Nc2ccc(Oc3ccc(C(=O)NC4CC4)cc3)nc2)cc1. The Kier molecular flexibility index (Phi) is 5.77. The summed E-state index contributed by atoms with van der Waals surface area (Å²) in [6.07, 6.45) is 3.43. The van der Waals surface area contributed by atoms with E-state index in [1.54, 1.807) is 48.5 Å². The van der Waals surface area contributed by atoms with Crippen LogP contribution >= 0.6 is 0 Å². The van der Waals surface area contributed by atoms with Gasteiger partial charge in [0.1, 0.15) is 11.5 Å². The number of carbonyl (C=O) groups excluding carboxylic acids is 1. The number of sulfonamides is 1. The maximum Gasteiger partial charge on any atom is 0.261 e. The van der Waals surface area contributed by atoms with Crippen LogP contribution in [0.4, 0.5) is 5.69 Å². The van der Waals surface area contributed by atoms with Crippen LogP contribution in [0, 0.1) is 0 Å². The van der Waals surface area contributed by atoms with Crippen LogP contribution in [0.15, 0.2) is 71.8 Å². The van der Waals surface area contributed by atoms with E-state index >= 15 is 0 Å². The molecule has 0 radical (unpaired) electrons. The first-order valence-corrected chi connectivity index (χ1v) is 11.1. The van der Waals surface area contributed by atoms with Crippen molar-refractivity contribution >= 4 is 21.6 Å². The van der Waals surface area contributed by atoms with E-state index < -0.39 is 10.0 Å². The quantitative estimate of drug-likeness (QED) is 0.556.